The Morgan fingerprint density at radius 3 is 2.58 bits per heavy atom. The van der Waals surface area contributed by atoms with Crippen molar-refractivity contribution >= 4 is 44.7 Å². The van der Waals surface area contributed by atoms with Crippen LogP contribution in [0.1, 0.15) is 16.7 Å². The lowest BCUT2D eigenvalue weighted by Gasteiger charge is -2.14. The number of nitrogens with one attached hydrogen (secondary N) is 1. The maximum absolute atomic E-state index is 13.3. The lowest BCUT2D eigenvalue weighted by Crippen LogP contribution is -2.40. The molecule has 6 nitrogen and oxygen atoms in total. The number of carbonyl (C=O) groups excluding carboxylic acids is 1. The molecular weight excluding hydrogens is 434 g/mol. The molecule has 0 saturated carbocycles. The summed E-state index contributed by atoms with van der Waals surface area (Å²) >= 11 is 7.38. The van der Waals surface area contributed by atoms with Gasteiger partial charge in [0.15, 0.2) is 0 Å². The Bertz CT molecular complexity index is 1450. The molecule has 0 unspecified atom stereocenters. The molecule has 158 valence electrons. The molecule has 2 aromatic heterocycles. The number of carbonyl (C=O) groups is 1. The summed E-state index contributed by atoms with van der Waals surface area (Å²) in [5.41, 5.74) is 3.32. The van der Waals surface area contributed by atoms with Gasteiger partial charge in [-0.15, -0.1) is 11.3 Å². The topological polar surface area (TPSA) is 73.1 Å². The van der Waals surface area contributed by atoms with Gasteiger partial charge >= 0.3 is 5.69 Å². The fraction of sp³-hybridized carbons (Fsp3) is 0.174. The number of aromatic nitrogens is 2. The minimum atomic E-state index is -0.558. The van der Waals surface area contributed by atoms with Gasteiger partial charge in [0, 0.05) is 10.7 Å². The third-order valence-corrected chi connectivity index (χ3v) is 6.65. The van der Waals surface area contributed by atoms with E-state index in [0.29, 0.717) is 26.6 Å². The molecule has 31 heavy (non-hydrogen) atoms. The Balaban J connectivity index is 1.81. The second-order valence-electron chi connectivity index (χ2n) is 7.37. The van der Waals surface area contributed by atoms with E-state index in [1.165, 1.54) is 15.9 Å². The number of aryl methyl sites for hydroxylation is 2. The Morgan fingerprint density at radius 1 is 1.06 bits per heavy atom. The normalized spacial score (nSPS) is 11.1. The molecule has 1 amide bonds. The number of benzene rings is 2. The highest BCUT2D eigenvalue weighted by Crippen LogP contribution is 2.23. The molecule has 0 aliphatic carbocycles. The first-order chi connectivity index (χ1) is 14.8. The van der Waals surface area contributed by atoms with Crippen LogP contribution in [-0.4, -0.2) is 15.0 Å². The first-order valence-corrected chi connectivity index (χ1v) is 10.9. The number of amides is 1. The van der Waals surface area contributed by atoms with Gasteiger partial charge in [0.1, 0.15) is 11.2 Å². The van der Waals surface area contributed by atoms with E-state index in [1.54, 1.807) is 48.7 Å². The van der Waals surface area contributed by atoms with Crippen LogP contribution < -0.4 is 16.6 Å². The predicted molar refractivity (Wildman–Crippen MR) is 126 cm³/mol. The van der Waals surface area contributed by atoms with Gasteiger partial charge in [-0.1, -0.05) is 23.7 Å². The number of hydrogen-bond donors (Lipinski definition) is 1. The van der Waals surface area contributed by atoms with Crippen LogP contribution >= 0.6 is 22.9 Å². The third kappa shape index (κ3) is 3.82. The van der Waals surface area contributed by atoms with E-state index in [9.17, 15) is 14.4 Å². The molecule has 4 aromatic rings. The van der Waals surface area contributed by atoms with E-state index in [-0.39, 0.29) is 18.0 Å². The van der Waals surface area contributed by atoms with E-state index < -0.39 is 5.69 Å². The monoisotopic (exact) mass is 453 g/mol. The molecule has 0 radical (unpaired) electrons. The highest BCUT2D eigenvalue weighted by molar-refractivity contribution is 7.17. The smallest absolute Gasteiger partial charge is 0.324 e. The van der Waals surface area contributed by atoms with Gasteiger partial charge in [-0.05, 0) is 73.2 Å². The van der Waals surface area contributed by atoms with Crippen molar-refractivity contribution < 1.29 is 4.79 Å². The molecule has 0 fully saturated rings. The highest BCUT2D eigenvalue weighted by Gasteiger charge is 2.18. The molecule has 4 rings (SSSR count). The average Bonchev–Trinajstić information content (AvgIpc) is 3.22. The van der Waals surface area contributed by atoms with Crippen LogP contribution in [0.2, 0.25) is 5.02 Å². The van der Waals surface area contributed by atoms with E-state index in [4.69, 9.17) is 11.6 Å². The molecule has 0 saturated heterocycles. The number of hydrogen-bond acceptors (Lipinski definition) is 4. The van der Waals surface area contributed by atoms with Crippen molar-refractivity contribution in [1.29, 1.82) is 0 Å². The molecule has 0 aliphatic rings. The van der Waals surface area contributed by atoms with Crippen LogP contribution in [0.4, 0.5) is 5.69 Å². The van der Waals surface area contributed by atoms with Gasteiger partial charge in [-0.2, -0.15) is 0 Å². The largest absolute Gasteiger partial charge is 0.336 e. The van der Waals surface area contributed by atoms with Crippen LogP contribution in [0.3, 0.4) is 0 Å². The molecule has 2 aromatic carbocycles. The fourth-order valence-corrected chi connectivity index (χ4v) is 4.41. The molecule has 0 spiro atoms. The summed E-state index contributed by atoms with van der Waals surface area (Å²) in [5.74, 6) is -0.384. The van der Waals surface area contributed by atoms with Gasteiger partial charge in [0.2, 0.25) is 5.91 Å². The number of rotatable bonds is 4. The molecule has 8 heteroatoms. The van der Waals surface area contributed by atoms with E-state index in [2.05, 4.69) is 5.32 Å². The molecule has 1 N–H and O–H groups in total. The summed E-state index contributed by atoms with van der Waals surface area (Å²) in [7, 11) is 0. The summed E-state index contributed by atoms with van der Waals surface area (Å²) < 4.78 is 2.88. The van der Waals surface area contributed by atoms with Crippen molar-refractivity contribution in [1.82, 2.24) is 9.13 Å². The average molecular weight is 454 g/mol. The fourth-order valence-electron chi connectivity index (χ4n) is 3.41. The predicted octanol–water partition coefficient (Wildman–Crippen LogP) is 4.43. The number of nitrogens with zero attached hydrogens (tertiary/aromatic N) is 2. The van der Waals surface area contributed by atoms with Crippen LogP contribution in [0.25, 0.3) is 15.9 Å². The van der Waals surface area contributed by atoms with Crippen molar-refractivity contribution in [2.45, 2.75) is 27.3 Å². The summed E-state index contributed by atoms with van der Waals surface area (Å²) in [4.78, 5) is 39.2. The molecule has 0 bridgehead atoms. The molecule has 0 aliphatic heterocycles. The van der Waals surface area contributed by atoms with Crippen LogP contribution in [0.5, 0.6) is 0 Å². The minimum Gasteiger partial charge on any atom is -0.324 e. The van der Waals surface area contributed by atoms with Gasteiger partial charge in [-0.25, -0.2) is 9.36 Å². The Labute approximate surface area is 187 Å². The standard InChI is InChI=1S/C23H20ClN3O3S/c1-13-7-8-16(11-14(13)2)27-22(29)21-19(9-10-31-21)26(23(27)30)12-20(28)25-18-6-4-5-17(24)15(18)3/h4-11H,12H2,1-3H3,(H,25,28). The van der Waals surface area contributed by atoms with Crippen LogP contribution in [-0.2, 0) is 11.3 Å². The first-order valence-electron chi connectivity index (χ1n) is 9.63. The summed E-state index contributed by atoms with van der Waals surface area (Å²) in [6, 6.07) is 12.3. The molecule has 2 heterocycles. The SMILES string of the molecule is Cc1ccc(-n2c(=O)c3sccc3n(CC(=O)Nc3cccc(Cl)c3C)c2=O)cc1C. The second kappa shape index (κ2) is 8.17. The lowest BCUT2D eigenvalue weighted by molar-refractivity contribution is -0.116. The Kier molecular flexibility index (Phi) is 5.56. The van der Waals surface area contributed by atoms with Crippen molar-refractivity contribution in [3.05, 3.63) is 90.4 Å². The summed E-state index contributed by atoms with van der Waals surface area (Å²) in [6.07, 6.45) is 0. The van der Waals surface area contributed by atoms with E-state index in [1.807, 2.05) is 19.9 Å². The third-order valence-electron chi connectivity index (χ3n) is 5.35. The van der Waals surface area contributed by atoms with E-state index >= 15 is 0 Å². The minimum absolute atomic E-state index is 0.233. The maximum Gasteiger partial charge on any atom is 0.336 e. The Morgan fingerprint density at radius 2 is 1.84 bits per heavy atom. The van der Waals surface area contributed by atoms with Crippen molar-refractivity contribution in [2.75, 3.05) is 5.32 Å². The van der Waals surface area contributed by atoms with Crippen molar-refractivity contribution in [3.63, 3.8) is 0 Å². The van der Waals surface area contributed by atoms with Gasteiger partial charge in [-0.3, -0.25) is 14.2 Å². The summed E-state index contributed by atoms with van der Waals surface area (Å²) in [5, 5.41) is 5.09. The zero-order valence-electron chi connectivity index (χ0n) is 17.2. The lowest BCUT2D eigenvalue weighted by atomic mass is 10.1. The van der Waals surface area contributed by atoms with E-state index in [0.717, 1.165) is 21.3 Å². The van der Waals surface area contributed by atoms with Gasteiger partial charge < -0.3 is 5.32 Å². The van der Waals surface area contributed by atoms with Gasteiger partial charge in [0.25, 0.3) is 5.56 Å². The van der Waals surface area contributed by atoms with Gasteiger partial charge in [0.05, 0.1) is 11.2 Å². The Hall–Kier alpha value is -3.16. The number of anilines is 1. The number of fused-ring (bicyclic) bond motifs is 1. The van der Waals surface area contributed by atoms with Crippen molar-refractivity contribution in [3.8, 4) is 5.69 Å². The second-order valence-corrected chi connectivity index (χ2v) is 8.70. The molecule has 0 atom stereocenters. The quantitative estimate of drug-likeness (QED) is 0.496. The van der Waals surface area contributed by atoms with Crippen LogP contribution in [0.15, 0.2) is 57.4 Å². The maximum atomic E-state index is 13.3. The number of halogens is 1. The molecular formula is C23H20ClN3O3S. The zero-order chi connectivity index (χ0) is 22.3. The van der Waals surface area contributed by atoms with Crippen molar-refractivity contribution in [2.24, 2.45) is 0 Å². The first kappa shape index (κ1) is 21.1. The number of thiophene rings is 1. The summed E-state index contributed by atoms with van der Waals surface area (Å²) in [6.45, 7) is 5.46. The highest BCUT2D eigenvalue weighted by atomic mass is 35.5. The zero-order valence-corrected chi connectivity index (χ0v) is 18.8. The van der Waals surface area contributed by atoms with Crippen LogP contribution in [0, 0.1) is 20.8 Å².